The summed E-state index contributed by atoms with van der Waals surface area (Å²) in [6, 6.07) is -2.20. The van der Waals surface area contributed by atoms with Crippen LogP contribution < -0.4 is 10.6 Å². The number of aliphatic hydroxyl groups excluding tert-OH is 4. The van der Waals surface area contributed by atoms with Crippen LogP contribution in [0, 0.1) is 0 Å². The smallest absolute Gasteiger partial charge is 0.326 e. The number of carbonyl (C=O) groups is 3. The summed E-state index contributed by atoms with van der Waals surface area (Å²) in [5.41, 5.74) is 0.411. The molecule has 282 valence electrons. The molecule has 2 heterocycles. The second-order valence-electron chi connectivity index (χ2n) is 12.6. The maximum atomic E-state index is 13.0. The van der Waals surface area contributed by atoms with Gasteiger partial charge >= 0.3 is 5.97 Å². The van der Waals surface area contributed by atoms with E-state index in [1.54, 1.807) is 6.20 Å². The van der Waals surface area contributed by atoms with E-state index < -0.39 is 61.3 Å². The lowest BCUT2D eigenvalue weighted by Gasteiger charge is -2.39. The Bertz CT molecular complexity index is 1080. The van der Waals surface area contributed by atoms with Gasteiger partial charge in [0.1, 0.15) is 42.2 Å². The number of hydrogen-bond acceptors (Lipinski definition) is 12. The summed E-state index contributed by atoms with van der Waals surface area (Å²) in [6.45, 7) is 3.35. The van der Waals surface area contributed by atoms with Crippen LogP contribution in [0.4, 0.5) is 0 Å². The number of unbranched alkanes of at least 4 members (excludes halogenated alkanes) is 10. The fourth-order valence-electron chi connectivity index (χ4n) is 5.48. The summed E-state index contributed by atoms with van der Waals surface area (Å²) in [5.74, 6) is -2.12. The lowest BCUT2D eigenvalue weighted by atomic mass is 9.99. The molecule has 1 fully saturated rings. The monoisotopic (exact) mass is 701 g/mol. The van der Waals surface area contributed by atoms with Crippen LogP contribution >= 0.6 is 0 Å². The Morgan fingerprint density at radius 2 is 1.55 bits per heavy atom. The van der Waals surface area contributed by atoms with Crippen molar-refractivity contribution in [1.82, 2.24) is 25.6 Å². The number of nitrogens with one attached hydrogen (secondary N) is 2. The molecular formula is C33H59N5O11. The number of aromatic nitrogens is 3. The maximum absolute atomic E-state index is 13.0. The first kappa shape index (κ1) is 42.4. The van der Waals surface area contributed by atoms with Crippen LogP contribution in [0.2, 0.25) is 0 Å². The van der Waals surface area contributed by atoms with Gasteiger partial charge in [0.05, 0.1) is 39.2 Å². The Labute approximate surface area is 288 Å². The quantitative estimate of drug-likeness (QED) is 0.0639. The summed E-state index contributed by atoms with van der Waals surface area (Å²) in [6.07, 6.45) is 8.36. The first-order valence-electron chi connectivity index (χ1n) is 17.8. The van der Waals surface area contributed by atoms with Crippen molar-refractivity contribution in [2.24, 2.45) is 0 Å². The van der Waals surface area contributed by atoms with Crippen molar-refractivity contribution in [3.05, 3.63) is 11.9 Å². The van der Waals surface area contributed by atoms with E-state index in [1.165, 1.54) is 49.6 Å². The van der Waals surface area contributed by atoms with Crippen molar-refractivity contribution in [2.75, 3.05) is 19.8 Å². The van der Waals surface area contributed by atoms with Gasteiger partial charge in [-0.1, -0.05) is 89.7 Å². The Morgan fingerprint density at radius 3 is 2.16 bits per heavy atom. The summed E-state index contributed by atoms with van der Waals surface area (Å²) >= 11 is 0. The molecule has 16 heteroatoms. The minimum atomic E-state index is -1.55. The zero-order valence-corrected chi connectivity index (χ0v) is 29.1. The first-order chi connectivity index (χ1) is 23.6. The molecular weight excluding hydrogens is 642 g/mol. The predicted molar refractivity (Wildman–Crippen MR) is 177 cm³/mol. The van der Waals surface area contributed by atoms with Crippen molar-refractivity contribution in [3.8, 4) is 0 Å². The lowest BCUT2D eigenvalue weighted by molar-refractivity contribution is -0.301. The molecule has 2 unspecified atom stereocenters. The molecule has 0 aromatic carbocycles. The summed E-state index contributed by atoms with van der Waals surface area (Å²) in [7, 11) is 0. The van der Waals surface area contributed by atoms with Gasteiger partial charge in [-0.2, -0.15) is 0 Å². The Kier molecular flexibility index (Phi) is 21.2. The van der Waals surface area contributed by atoms with Crippen LogP contribution in [-0.2, 0) is 41.7 Å². The van der Waals surface area contributed by atoms with E-state index in [0.29, 0.717) is 18.5 Å². The van der Waals surface area contributed by atoms with Gasteiger partial charge in [0.15, 0.2) is 6.29 Å². The Hall–Kier alpha value is -2.73. The highest BCUT2D eigenvalue weighted by atomic mass is 16.7. The predicted octanol–water partition coefficient (Wildman–Crippen LogP) is 1.17. The summed E-state index contributed by atoms with van der Waals surface area (Å²) < 4.78 is 17.9. The van der Waals surface area contributed by atoms with Crippen LogP contribution in [0.15, 0.2) is 6.20 Å². The molecule has 1 aliphatic heterocycles. The van der Waals surface area contributed by atoms with Crippen LogP contribution in [-0.4, -0.2) is 121 Å². The zero-order valence-electron chi connectivity index (χ0n) is 29.1. The topological polar surface area (TPSA) is 235 Å². The number of amides is 2. The van der Waals surface area contributed by atoms with E-state index in [9.17, 15) is 39.9 Å². The fraction of sp³-hybridized carbons (Fsp3) is 0.848. The Morgan fingerprint density at radius 1 is 0.898 bits per heavy atom. The standard InChI is InChI=1S/C33H59N5O11/c1-3-5-6-7-8-9-10-11-12-13-14-16-27(40)34-25(31(44)35-24(15-4-2)32(45)46)22-47-21-23-19-38(37-36-23)17-18-48-33-30(43)29(42)28(41)26(20-39)49-33/h19,24-26,28-30,33,39,41-43H,3-18,20-22H2,1-2H3,(H,34,40)(H,35,44)(H,45,46)/t24-,25+,26?,28-,29+,30?,33-/m1/s1. The number of nitrogens with zero attached hydrogens (tertiary/aromatic N) is 3. The Balaban J connectivity index is 1.80. The highest BCUT2D eigenvalue weighted by Crippen LogP contribution is 2.22. The fourth-order valence-corrected chi connectivity index (χ4v) is 5.48. The van der Waals surface area contributed by atoms with Crippen molar-refractivity contribution in [2.45, 2.75) is 160 Å². The second-order valence-corrected chi connectivity index (χ2v) is 12.6. The molecule has 0 spiro atoms. The van der Waals surface area contributed by atoms with Gasteiger partial charge in [0, 0.05) is 6.42 Å². The summed E-state index contributed by atoms with van der Waals surface area (Å²) in [5, 5.41) is 61.9. The number of rotatable bonds is 27. The maximum Gasteiger partial charge on any atom is 0.326 e. The molecule has 1 aliphatic rings. The average Bonchev–Trinajstić information content (AvgIpc) is 3.53. The van der Waals surface area contributed by atoms with Gasteiger partial charge in [-0.3, -0.25) is 9.59 Å². The number of carboxylic acid groups (broad SMARTS) is 1. The van der Waals surface area contributed by atoms with E-state index in [1.807, 2.05) is 6.92 Å². The second kappa shape index (κ2) is 24.4. The van der Waals surface area contributed by atoms with Crippen LogP contribution in [0.3, 0.4) is 0 Å². The molecule has 7 atom stereocenters. The van der Waals surface area contributed by atoms with E-state index in [2.05, 4.69) is 27.9 Å². The van der Waals surface area contributed by atoms with Crippen molar-refractivity contribution >= 4 is 17.8 Å². The normalized spacial score (nSPS) is 22.0. The van der Waals surface area contributed by atoms with E-state index in [4.69, 9.17) is 14.2 Å². The van der Waals surface area contributed by atoms with Gasteiger partial charge < -0.3 is 50.4 Å². The summed E-state index contributed by atoms with van der Waals surface area (Å²) in [4.78, 5) is 37.4. The van der Waals surface area contributed by atoms with E-state index in [0.717, 1.165) is 19.3 Å². The number of aliphatic hydroxyl groups is 4. The average molecular weight is 702 g/mol. The molecule has 49 heavy (non-hydrogen) atoms. The third-order valence-electron chi connectivity index (χ3n) is 8.42. The first-order valence-corrected chi connectivity index (χ1v) is 17.8. The number of carboxylic acids is 1. The minimum absolute atomic E-state index is 0.0117. The van der Waals surface area contributed by atoms with Gasteiger partial charge in [0.25, 0.3) is 0 Å². The number of carbonyl (C=O) groups excluding carboxylic acids is 2. The third kappa shape index (κ3) is 16.2. The molecule has 1 saturated heterocycles. The molecule has 1 aromatic heterocycles. The SMILES string of the molecule is CCCCCCCCCCCCCC(=O)N[C@@H](COCc1cn(CCO[C@@H]2OC(CO)[C@@H](O)[C@H](O)C2O)nn1)C(=O)N[C@H](CCC)C(=O)O. The lowest BCUT2D eigenvalue weighted by Crippen LogP contribution is -2.59. The number of hydrogen-bond donors (Lipinski definition) is 7. The van der Waals surface area contributed by atoms with Gasteiger partial charge in [-0.25, -0.2) is 9.48 Å². The molecule has 0 aliphatic carbocycles. The van der Waals surface area contributed by atoms with E-state index >= 15 is 0 Å². The largest absolute Gasteiger partial charge is 0.480 e. The molecule has 1 aromatic rings. The van der Waals surface area contributed by atoms with E-state index in [-0.39, 0.29) is 45.1 Å². The third-order valence-corrected chi connectivity index (χ3v) is 8.42. The number of aliphatic carboxylic acids is 1. The van der Waals surface area contributed by atoms with Crippen LogP contribution in [0.25, 0.3) is 0 Å². The molecule has 0 radical (unpaired) electrons. The molecule has 0 saturated carbocycles. The zero-order chi connectivity index (χ0) is 36.0. The molecule has 2 amide bonds. The van der Waals surface area contributed by atoms with Crippen molar-refractivity contribution in [1.29, 1.82) is 0 Å². The van der Waals surface area contributed by atoms with Crippen LogP contribution in [0.1, 0.15) is 109 Å². The van der Waals surface area contributed by atoms with Gasteiger partial charge in [-0.05, 0) is 12.8 Å². The van der Waals surface area contributed by atoms with Crippen molar-refractivity contribution < 1.29 is 54.1 Å². The van der Waals surface area contributed by atoms with Gasteiger partial charge in [0.2, 0.25) is 11.8 Å². The van der Waals surface area contributed by atoms with Crippen LogP contribution in [0.5, 0.6) is 0 Å². The highest BCUT2D eigenvalue weighted by molar-refractivity contribution is 5.90. The highest BCUT2D eigenvalue weighted by Gasteiger charge is 2.44. The molecule has 0 bridgehead atoms. The number of ether oxygens (including phenoxy) is 3. The molecule has 7 N–H and O–H groups in total. The molecule has 16 nitrogen and oxygen atoms in total. The van der Waals surface area contributed by atoms with Crippen molar-refractivity contribution in [3.63, 3.8) is 0 Å². The molecule has 2 rings (SSSR count). The van der Waals surface area contributed by atoms with Gasteiger partial charge in [-0.15, -0.1) is 5.10 Å². The minimum Gasteiger partial charge on any atom is -0.480 e.